The summed E-state index contributed by atoms with van der Waals surface area (Å²) in [6, 6.07) is 17.2. The summed E-state index contributed by atoms with van der Waals surface area (Å²) in [6.07, 6.45) is 7.02. The molecule has 0 radical (unpaired) electrons. The van der Waals surface area contributed by atoms with Crippen LogP contribution in [-0.4, -0.2) is 42.9 Å². The van der Waals surface area contributed by atoms with Crippen LogP contribution in [0.2, 0.25) is 0 Å². The first-order chi connectivity index (χ1) is 15.6. The van der Waals surface area contributed by atoms with E-state index in [1.54, 1.807) is 0 Å². The SMILES string of the molecule is O=C(Nc1ccc(N2CCN(C(=O)CCC3CCCC3)CC2)cc1)C(Cl)c1ccccc1. The van der Waals surface area contributed by atoms with Crippen LogP contribution in [0.15, 0.2) is 54.6 Å². The van der Waals surface area contributed by atoms with E-state index < -0.39 is 5.38 Å². The zero-order chi connectivity index (χ0) is 22.3. The number of hydrogen-bond donors (Lipinski definition) is 1. The topological polar surface area (TPSA) is 52.7 Å². The molecule has 1 unspecified atom stereocenters. The fraction of sp³-hybridized carbons (Fsp3) is 0.462. The van der Waals surface area contributed by atoms with E-state index in [1.807, 2.05) is 59.5 Å². The lowest BCUT2D eigenvalue weighted by Gasteiger charge is -2.36. The molecule has 32 heavy (non-hydrogen) atoms. The Labute approximate surface area is 195 Å². The Bertz CT molecular complexity index is 889. The lowest BCUT2D eigenvalue weighted by Crippen LogP contribution is -2.48. The van der Waals surface area contributed by atoms with Gasteiger partial charge in [0.25, 0.3) is 0 Å². The normalized spacial score (nSPS) is 17.9. The van der Waals surface area contributed by atoms with Crippen molar-refractivity contribution in [2.45, 2.75) is 43.9 Å². The van der Waals surface area contributed by atoms with Gasteiger partial charge in [-0.2, -0.15) is 0 Å². The number of nitrogens with zero attached hydrogens (tertiary/aromatic N) is 2. The average Bonchev–Trinajstić information content (AvgIpc) is 3.37. The minimum atomic E-state index is -0.727. The van der Waals surface area contributed by atoms with Gasteiger partial charge in [-0.25, -0.2) is 0 Å². The van der Waals surface area contributed by atoms with Gasteiger partial charge < -0.3 is 15.1 Å². The van der Waals surface area contributed by atoms with Gasteiger partial charge in [0.15, 0.2) is 0 Å². The minimum Gasteiger partial charge on any atom is -0.368 e. The highest BCUT2D eigenvalue weighted by molar-refractivity contribution is 6.32. The summed E-state index contributed by atoms with van der Waals surface area (Å²) >= 11 is 6.31. The molecule has 0 spiro atoms. The maximum Gasteiger partial charge on any atom is 0.246 e. The number of hydrogen-bond acceptors (Lipinski definition) is 3. The number of anilines is 2. The monoisotopic (exact) mass is 453 g/mol. The molecule has 6 heteroatoms. The summed E-state index contributed by atoms with van der Waals surface area (Å²) in [5, 5.41) is 2.16. The molecule has 2 fully saturated rings. The fourth-order valence-electron chi connectivity index (χ4n) is 4.73. The zero-order valence-corrected chi connectivity index (χ0v) is 19.3. The molecule has 1 aliphatic carbocycles. The highest BCUT2D eigenvalue weighted by Gasteiger charge is 2.23. The van der Waals surface area contributed by atoms with Crippen molar-refractivity contribution >= 4 is 34.8 Å². The van der Waals surface area contributed by atoms with E-state index >= 15 is 0 Å². The second-order valence-corrected chi connectivity index (χ2v) is 9.30. The summed E-state index contributed by atoms with van der Waals surface area (Å²) in [5.41, 5.74) is 2.60. The molecule has 1 saturated heterocycles. The quantitative estimate of drug-likeness (QED) is 0.584. The van der Waals surface area contributed by atoms with Gasteiger partial charge in [0.2, 0.25) is 11.8 Å². The van der Waals surface area contributed by atoms with Crippen LogP contribution in [0.3, 0.4) is 0 Å². The lowest BCUT2D eigenvalue weighted by atomic mass is 10.0. The van der Waals surface area contributed by atoms with Gasteiger partial charge in [0, 0.05) is 44.0 Å². The third kappa shape index (κ3) is 5.83. The molecular weight excluding hydrogens is 422 g/mol. The average molecular weight is 454 g/mol. The molecule has 0 bridgehead atoms. The summed E-state index contributed by atoms with van der Waals surface area (Å²) in [5.74, 6) is 0.833. The Balaban J connectivity index is 1.24. The molecule has 170 valence electrons. The Morgan fingerprint density at radius 2 is 1.59 bits per heavy atom. The summed E-state index contributed by atoms with van der Waals surface area (Å²) in [6.45, 7) is 3.21. The molecule has 0 aromatic heterocycles. The maximum absolute atomic E-state index is 12.6. The molecule has 2 aromatic rings. The molecule has 2 amide bonds. The van der Waals surface area contributed by atoms with Crippen LogP contribution in [0.1, 0.15) is 49.5 Å². The number of amides is 2. The Morgan fingerprint density at radius 1 is 0.938 bits per heavy atom. The van der Waals surface area contributed by atoms with Crippen molar-refractivity contribution in [2.75, 3.05) is 36.4 Å². The second kappa shape index (κ2) is 10.9. The van der Waals surface area contributed by atoms with E-state index in [9.17, 15) is 9.59 Å². The third-order valence-electron chi connectivity index (χ3n) is 6.70. The third-order valence-corrected chi connectivity index (χ3v) is 7.15. The highest BCUT2D eigenvalue weighted by atomic mass is 35.5. The Morgan fingerprint density at radius 3 is 2.25 bits per heavy atom. The number of halogens is 1. The van der Waals surface area contributed by atoms with Gasteiger partial charge in [-0.05, 0) is 42.2 Å². The summed E-state index contributed by atoms with van der Waals surface area (Å²) < 4.78 is 0. The standard InChI is InChI=1S/C26H32ClN3O2/c27-25(21-8-2-1-3-9-21)26(32)28-22-11-13-23(14-12-22)29-16-18-30(19-17-29)24(31)15-10-20-6-4-5-7-20/h1-3,8-9,11-14,20,25H,4-7,10,15-19H2,(H,28,32). The van der Waals surface area contributed by atoms with Crippen LogP contribution in [0.5, 0.6) is 0 Å². The van der Waals surface area contributed by atoms with E-state index in [-0.39, 0.29) is 5.91 Å². The van der Waals surface area contributed by atoms with Gasteiger partial charge in [0.1, 0.15) is 5.38 Å². The second-order valence-electron chi connectivity index (χ2n) is 8.87. The van der Waals surface area contributed by atoms with Crippen LogP contribution in [-0.2, 0) is 9.59 Å². The number of alkyl halides is 1. The molecule has 1 saturated carbocycles. The van der Waals surface area contributed by atoms with E-state index in [0.717, 1.165) is 55.5 Å². The molecule has 1 N–H and O–H groups in total. The van der Waals surface area contributed by atoms with E-state index in [4.69, 9.17) is 11.6 Å². The lowest BCUT2D eigenvalue weighted by molar-refractivity contribution is -0.131. The van der Waals surface area contributed by atoms with Gasteiger partial charge >= 0.3 is 0 Å². The van der Waals surface area contributed by atoms with Crippen LogP contribution in [0, 0.1) is 5.92 Å². The number of carbonyl (C=O) groups excluding carboxylic acids is 2. The summed E-state index contributed by atoms with van der Waals surface area (Å²) in [7, 11) is 0. The largest absolute Gasteiger partial charge is 0.368 e. The van der Waals surface area contributed by atoms with Crippen molar-refractivity contribution in [3.05, 3.63) is 60.2 Å². The number of carbonyl (C=O) groups is 2. The zero-order valence-electron chi connectivity index (χ0n) is 18.5. The van der Waals surface area contributed by atoms with Crippen molar-refractivity contribution in [1.29, 1.82) is 0 Å². The Hall–Kier alpha value is -2.53. The number of benzene rings is 2. The molecule has 1 aliphatic heterocycles. The van der Waals surface area contributed by atoms with Crippen LogP contribution >= 0.6 is 11.6 Å². The predicted octanol–water partition coefficient (Wildman–Crippen LogP) is 5.22. The van der Waals surface area contributed by atoms with Crippen molar-refractivity contribution in [3.8, 4) is 0 Å². The smallest absolute Gasteiger partial charge is 0.246 e. The van der Waals surface area contributed by atoms with Crippen LogP contribution in [0.25, 0.3) is 0 Å². The molecule has 1 heterocycles. The number of nitrogens with one attached hydrogen (secondary N) is 1. The number of rotatable bonds is 7. The number of piperazine rings is 1. The van der Waals surface area contributed by atoms with Crippen LogP contribution < -0.4 is 10.2 Å². The molecule has 4 rings (SSSR count). The van der Waals surface area contributed by atoms with Gasteiger partial charge in [-0.3, -0.25) is 9.59 Å². The minimum absolute atomic E-state index is 0.240. The van der Waals surface area contributed by atoms with Crippen molar-refractivity contribution in [3.63, 3.8) is 0 Å². The molecule has 2 aliphatic rings. The fourth-order valence-corrected chi connectivity index (χ4v) is 4.93. The first-order valence-corrected chi connectivity index (χ1v) is 12.2. The van der Waals surface area contributed by atoms with Gasteiger partial charge in [-0.1, -0.05) is 56.0 Å². The first kappa shape index (κ1) is 22.7. The van der Waals surface area contributed by atoms with Gasteiger partial charge in [0.05, 0.1) is 0 Å². The van der Waals surface area contributed by atoms with E-state index in [0.29, 0.717) is 12.3 Å². The molecule has 1 atom stereocenters. The van der Waals surface area contributed by atoms with Crippen molar-refractivity contribution in [1.82, 2.24) is 4.90 Å². The highest BCUT2D eigenvalue weighted by Crippen LogP contribution is 2.29. The summed E-state index contributed by atoms with van der Waals surface area (Å²) in [4.78, 5) is 29.3. The van der Waals surface area contributed by atoms with Crippen molar-refractivity contribution in [2.24, 2.45) is 5.92 Å². The molecule has 2 aromatic carbocycles. The first-order valence-electron chi connectivity index (χ1n) is 11.7. The molecular formula is C26H32ClN3O2. The molecule has 5 nitrogen and oxygen atoms in total. The van der Waals surface area contributed by atoms with E-state index in [1.165, 1.54) is 25.7 Å². The van der Waals surface area contributed by atoms with E-state index in [2.05, 4.69) is 10.2 Å². The predicted molar refractivity (Wildman–Crippen MR) is 130 cm³/mol. The maximum atomic E-state index is 12.6. The van der Waals surface area contributed by atoms with Crippen LogP contribution in [0.4, 0.5) is 11.4 Å². The Kier molecular flexibility index (Phi) is 7.69. The van der Waals surface area contributed by atoms with Crippen molar-refractivity contribution < 1.29 is 9.59 Å². The van der Waals surface area contributed by atoms with Gasteiger partial charge in [-0.15, -0.1) is 11.6 Å².